The zero-order chi connectivity index (χ0) is 57.4. The predicted octanol–water partition coefficient (Wildman–Crippen LogP) is 9.85. The van der Waals surface area contributed by atoms with Crippen LogP contribution in [0, 0.1) is 19.7 Å². The summed E-state index contributed by atoms with van der Waals surface area (Å²) in [5.41, 5.74) is 4.01. The van der Waals surface area contributed by atoms with E-state index in [0.717, 1.165) is 58.3 Å². The Bertz CT molecular complexity index is 3030. The van der Waals surface area contributed by atoms with E-state index >= 15 is 0 Å². The first kappa shape index (κ1) is 61.2. The summed E-state index contributed by atoms with van der Waals surface area (Å²) in [5.74, 6) is 0.253. The number of carboxylic acid groups (broad SMARTS) is 1. The van der Waals surface area contributed by atoms with E-state index in [9.17, 15) is 14.3 Å². The normalized spacial score (nSPS) is 17.7. The molecule has 0 radical (unpaired) electrons. The number of ether oxygens (including phenoxy) is 10. The molecular formula is C60H73Cl2FN6O12S. The lowest BCUT2D eigenvalue weighted by Gasteiger charge is -2.35. The largest absolute Gasteiger partial charge is 0.490 e. The molecule has 0 spiro atoms. The van der Waals surface area contributed by atoms with Crippen molar-refractivity contribution in [1.82, 2.24) is 29.7 Å². The molecule has 2 fully saturated rings. The Morgan fingerprint density at radius 3 is 2.12 bits per heavy atom. The number of carboxylic acids is 1. The molecule has 82 heavy (non-hydrogen) atoms. The predicted molar refractivity (Wildman–Crippen MR) is 311 cm³/mol. The van der Waals surface area contributed by atoms with Gasteiger partial charge in [0, 0.05) is 68.5 Å². The number of hydrogen-bond donors (Lipinski definition) is 1. The standard InChI is InChI=1S/C60H73Cl2FN6O12S/c1-39-49-40(2)53(62)54(52(39)61)80-46(34-69-20-18-68(3)19-21-69)36-78-45-12-13-47(42(32-45)33-48(58(70)71)81-56-51-50(49)55(82-57(51)66-38-65-56)41-8-10-43(63)11-9-41)79-35-44-14-17-64-59(67-44)60(15-6-5-7-16-60)37-77-31-30-76-29-28-75-27-26-74-25-24-73-23-22-72-4/h8-14,17,32,38,46,48H,5-7,15-16,18-31,33-37H2,1-4H3,(H,70,71)/t46?,48-/m1/s1. The maximum absolute atomic E-state index is 14.5. The number of aromatic nitrogens is 4. The number of nitrogens with zero attached hydrogens (tertiary/aromatic N) is 6. The van der Waals surface area contributed by atoms with Gasteiger partial charge < -0.3 is 57.4 Å². The van der Waals surface area contributed by atoms with Crippen LogP contribution in [0.4, 0.5) is 4.39 Å². The molecule has 1 N–H and O–H groups in total. The average molecular weight is 1190 g/mol. The van der Waals surface area contributed by atoms with Crippen LogP contribution in [0.25, 0.3) is 31.8 Å². The van der Waals surface area contributed by atoms with Gasteiger partial charge in [0.2, 0.25) is 12.0 Å². The fraction of sp³-hybridized carbons (Fsp3) is 0.517. The van der Waals surface area contributed by atoms with E-state index in [1.54, 1.807) is 43.6 Å². The van der Waals surface area contributed by atoms with Gasteiger partial charge in [-0.25, -0.2) is 29.1 Å². The van der Waals surface area contributed by atoms with Crippen LogP contribution in [0.5, 0.6) is 23.1 Å². The molecule has 0 amide bonds. The highest BCUT2D eigenvalue weighted by molar-refractivity contribution is 7.22. The highest BCUT2D eigenvalue weighted by atomic mass is 35.5. The Morgan fingerprint density at radius 2 is 1.46 bits per heavy atom. The molecular weight excluding hydrogens is 1120 g/mol. The highest BCUT2D eigenvalue weighted by Crippen LogP contribution is 2.53. The van der Waals surface area contributed by atoms with Crippen molar-refractivity contribution < 1.29 is 61.7 Å². The van der Waals surface area contributed by atoms with Gasteiger partial charge >= 0.3 is 5.97 Å². The van der Waals surface area contributed by atoms with Gasteiger partial charge in [0.25, 0.3) is 0 Å². The van der Waals surface area contributed by atoms with Crippen LogP contribution < -0.4 is 18.9 Å². The van der Waals surface area contributed by atoms with Crippen molar-refractivity contribution in [3.63, 3.8) is 0 Å². The van der Waals surface area contributed by atoms with Gasteiger partial charge in [0.1, 0.15) is 53.6 Å². The lowest BCUT2D eigenvalue weighted by Crippen LogP contribution is -2.49. The van der Waals surface area contributed by atoms with Crippen molar-refractivity contribution in [3.8, 4) is 44.7 Å². The zero-order valence-corrected chi connectivity index (χ0v) is 49.4. The molecule has 4 bridgehead atoms. The van der Waals surface area contributed by atoms with Gasteiger partial charge in [-0.15, -0.1) is 11.3 Å². The third-order valence-electron chi connectivity index (χ3n) is 15.0. The van der Waals surface area contributed by atoms with E-state index in [4.69, 9.17) is 80.5 Å². The van der Waals surface area contributed by atoms with Crippen LogP contribution in [-0.4, -0.2) is 179 Å². The molecule has 6 heterocycles. The van der Waals surface area contributed by atoms with E-state index in [2.05, 4.69) is 26.8 Å². The molecule has 2 atom stereocenters. The second kappa shape index (κ2) is 29.9. The van der Waals surface area contributed by atoms with Crippen LogP contribution in [0.2, 0.25) is 10.0 Å². The first-order valence-electron chi connectivity index (χ1n) is 28.0. The van der Waals surface area contributed by atoms with Crippen LogP contribution in [0.3, 0.4) is 0 Å². The average Bonchev–Trinajstić information content (AvgIpc) is 3.08. The second-order valence-corrected chi connectivity index (χ2v) is 22.6. The lowest BCUT2D eigenvalue weighted by atomic mass is 9.74. The number of hydrogen-bond acceptors (Lipinski definition) is 18. The molecule has 6 aromatic rings. The topological polar surface area (TPSA) is 188 Å². The highest BCUT2D eigenvalue weighted by Gasteiger charge is 2.38. The van der Waals surface area contributed by atoms with E-state index < -0.39 is 24.0 Å². The molecule has 442 valence electrons. The number of halogens is 3. The maximum Gasteiger partial charge on any atom is 0.345 e. The molecule has 1 saturated heterocycles. The minimum atomic E-state index is -1.48. The molecule has 1 aliphatic carbocycles. The fourth-order valence-corrected chi connectivity index (χ4v) is 12.2. The number of rotatable bonds is 25. The lowest BCUT2D eigenvalue weighted by molar-refractivity contribution is -0.145. The molecule has 22 heteroatoms. The molecule has 4 aliphatic rings. The quantitative estimate of drug-likeness (QED) is 0.0533. The Labute approximate surface area is 492 Å². The van der Waals surface area contributed by atoms with Crippen LogP contribution >= 0.6 is 34.5 Å². The summed E-state index contributed by atoms with van der Waals surface area (Å²) in [4.78, 5) is 38.5. The minimum Gasteiger partial charge on any atom is -0.490 e. The minimum absolute atomic E-state index is 0.0239. The number of likely N-dealkylation sites (N-methyl/N-ethyl adjacent to an activating group) is 1. The summed E-state index contributed by atoms with van der Waals surface area (Å²) in [5, 5.41) is 12.1. The van der Waals surface area contributed by atoms with Crippen LogP contribution in [-0.2, 0) is 51.7 Å². The van der Waals surface area contributed by atoms with Crippen molar-refractivity contribution in [2.45, 2.75) is 76.6 Å². The maximum atomic E-state index is 14.5. The van der Waals surface area contributed by atoms with Gasteiger partial charge in [0.05, 0.1) is 99.2 Å². The Morgan fingerprint density at radius 1 is 0.805 bits per heavy atom. The van der Waals surface area contributed by atoms with Crippen LogP contribution in [0.1, 0.15) is 60.3 Å². The molecule has 1 unspecified atom stereocenters. The smallest absolute Gasteiger partial charge is 0.345 e. The first-order valence-corrected chi connectivity index (χ1v) is 29.6. The number of fused-ring (bicyclic) bond motifs is 7. The summed E-state index contributed by atoms with van der Waals surface area (Å²) in [6.45, 7) is 13.1. The Kier molecular flexibility index (Phi) is 22.3. The van der Waals surface area contributed by atoms with Gasteiger partial charge in [-0.2, -0.15) is 0 Å². The SMILES string of the molecule is COCCOCCOCCOCCOCCOCC1(c2nccc(COc3ccc4cc3C[C@H](C(=O)O)Oc3ncnc5sc(-c6ccc(F)cc6)c(c35)-c3c(C)c(Cl)c(c(Cl)c3C)OC(CN3CCN(C)CC3)CO4)n2)CCCCC1. The van der Waals surface area contributed by atoms with E-state index in [-0.39, 0.29) is 30.9 Å². The van der Waals surface area contributed by atoms with Crippen molar-refractivity contribution in [3.05, 3.63) is 105 Å². The molecule has 1 saturated carbocycles. The number of aliphatic carboxylic acids is 1. The number of methoxy groups -OCH3 is 1. The Hall–Kier alpha value is -5.36. The molecule has 3 aromatic heterocycles. The van der Waals surface area contributed by atoms with Crippen molar-refractivity contribution in [2.24, 2.45) is 0 Å². The Balaban J connectivity index is 0.956. The number of piperazine rings is 1. The van der Waals surface area contributed by atoms with Gasteiger partial charge in [0.15, 0.2) is 5.75 Å². The number of benzene rings is 3. The van der Waals surface area contributed by atoms with Gasteiger partial charge in [-0.05, 0) is 92.4 Å². The molecule has 3 aromatic carbocycles. The summed E-state index contributed by atoms with van der Waals surface area (Å²) in [7, 11) is 3.75. The third-order valence-corrected chi connectivity index (χ3v) is 17.1. The number of carbonyl (C=O) groups is 1. The van der Waals surface area contributed by atoms with E-state index in [0.29, 0.717) is 167 Å². The summed E-state index contributed by atoms with van der Waals surface area (Å²) >= 11 is 16.1. The number of thiophene rings is 1. The third kappa shape index (κ3) is 15.7. The zero-order valence-electron chi connectivity index (χ0n) is 47.1. The molecule has 3 aliphatic heterocycles. The molecule has 10 rings (SSSR count). The van der Waals surface area contributed by atoms with E-state index in [1.165, 1.54) is 29.8 Å². The van der Waals surface area contributed by atoms with Crippen LogP contribution in [0.15, 0.2) is 61.1 Å². The van der Waals surface area contributed by atoms with Crippen molar-refractivity contribution >= 4 is 50.7 Å². The van der Waals surface area contributed by atoms with E-state index in [1.807, 2.05) is 19.9 Å². The summed E-state index contributed by atoms with van der Waals surface area (Å²) in [6.07, 6.45) is 5.83. The van der Waals surface area contributed by atoms with Gasteiger partial charge in [-0.1, -0.05) is 54.6 Å². The fourth-order valence-electron chi connectivity index (χ4n) is 10.5. The monoisotopic (exact) mass is 1190 g/mol. The van der Waals surface area contributed by atoms with Crippen molar-refractivity contribution in [2.75, 3.05) is 126 Å². The first-order chi connectivity index (χ1) is 39.9. The summed E-state index contributed by atoms with van der Waals surface area (Å²) < 4.78 is 74.7. The van der Waals surface area contributed by atoms with Gasteiger partial charge in [-0.3, -0.25) is 4.90 Å². The summed E-state index contributed by atoms with van der Waals surface area (Å²) in [6, 6.07) is 13.3. The van der Waals surface area contributed by atoms with Crippen molar-refractivity contribution in [1.29, 1.82) is 0 Å². The second-order valence-electron chi connectivity index (χ2n) is 20.8. The molecule has 18 nitrogen and oxygen atoms in total.